The first-order valence-electron chi connectivity index (χ1n) is 19.8. The molecule has 0 aliphatic heterocycles. The Morgan fingerprint density at radius 2 is 0.970 bits per heavy atom. The van der Waals surface area contributed by atoms with Crippen molar-refractivity contribution in [3.05, 3.63) is 29.8 Å². The molecular formula is C37H57N11O18. The van der Waals surface area contributed by atoms with Crippen LogP contribution in [0.15, 0.2) is 29.3 Å². The number of nitrogens with one attached hydrogen (secondary N) is 7. The monoisotopic (exact) mass is 943 g/mol. The summed E-state index contributed by atoms with van der Waals surface area (Å²) in [5.41, 5.74) is 17.0. The summed E-state index contributed by atoms with van der Waals surface area (Å²) >= 11 is 0. The molecule has 21 N–H and O–H groups in total. The molecule has 29 nitrogen and oxygen atoms in total. The predicted molar refractivity (Wildman–Crippen MR) is 223 cm³/mol. The van der Waals surface area contributed by atoms with Gasteiger partial charge in [0.1, 0.15) is 48.0 Å². The molecule has 0 unspecified atom stereocenters. The van der Waals surface area contributed by atoms with Crippen molar-refractivity contribution in [1.29, 1.82) is 0 Å². The first kappa shape index (κ1) is 56.8. The number of aromatic hydroxyl groups is 1. The van der Waals surface area contributed by atoms with E-state index in [-0.39, 0.29) is 37.5 Å². The Bertz CT molecular complexity index is 1910. The molecule has 1 rings (SSSR count). The van der Waals surface area contributed by atoms with Gasteiger partial charge in [-0.05, 0) is 44.4 Å². The topological polar surface area (TPSA) is 507 Å². The first-order chi connectivity index (χ1) is 30.8. The van der Waals surface area contributed by atoms with Gasteiger partial charge in [0, 0.05) is 13.0 Å². The van der Waals surface area contributed by atoms with Crippen LogP contribution in [-0.4, -0.2) is 186 Å². The van der Waals surface area contributed by atoms with Crippen molar-refractivity contribution in [2.75, 3.05) is 19.8 Å². The molecule has 0 radical (unpaired) electrons. The number of amides is 7. The van der Waals surface area contributed by atoms with E-state index in [2.05, 4.69) is 15.6 Å². The van der Waals surface area contributed by atoms with Gasteiger partial charge in [-0.2, -0.15) is 0 Å². The van der Waals surface area contributed by atoms with Gasteiger partial charge < -0.3 is 95.3 Å². The van der Waals surface area contributed by atoms with Crippen molar-refractivity contribution >= 4 is 65.2 Å². The Morgan fingerprint density at radius 3 is 1.42 bits per heavy atom. The highest BCUT2D eigenvalue weighted by Crippen LogP contribution is 2.12. The van der Waals surface area contributed by atoms with Crippen LogP contribution in [0.2, 0.25) is 0 Å². The van der Waals surface area contributed by atoms with Crippen LogP contribution in [0.1, 0.15) is 45.1 Å². The van der Waals surface area contributed by atoms with Gasteiger partial charge in [-0.15, -0.1) is 0 Å². The fourth-order valence-corrected chi connectivity index (χ4v) is 5.54. The third kappa shape index (κ3) is 20.1. The molecule has 0 fully saturated rings. The van der Waals surface area contributed by atoms with Crippen LogP contribution in [-0.2, 0) is 54.4 Å². The normalized spacial score (nSPS) is 15.4. The van der Waals surface area contributed by atoms with Crippen molar-refractivity contribution in [2.24, 2.45) is 22.2 Å². The largest absolute Gasteiger partial charge is 0.508 e. The lowest BCUT2D eigenvalue weighted by Crippen LogP contribution is -2.63. The van der Waals surface area contributed by atoms with E-state index in [0.717, 1.165) is 13.8 Å². The van der Waals surface area contributed by atoms with Crippen LogP contribution in [0.4, 0.5) is 0 Å². The SMILES string of the molecule is C[C@@H](O)[C@H](NC(=O)[C@H](CC(=O)O)NC(=O)[C@H](CO)NC(=O)[C@H](Cc1ccc(O)cc1)NC(=O)[C@@H](N)CCCN=C(N)N)C(=O)N[C@H](C(=O)N[C@@H](CC(=O)O)C(=O)N[C@@H](CO)C(=O)O)[C@@H](C)O. The van der Waals surface area contributed by atoms with E-state index < -0.39 is 146 Å². The summed E-state index contributed by atoms with van der Waals surface area (Å²) in [7, 11) is 0. The fraction of sp³-hybridized carbons (Fsp3) is 0.541. The molecule has 66 heavy (non-hydrogen) atoms. The molecule has 0 aliphatic carbocycles. The minimum absolute atomic E-state index is 0.0681. The van der Waals surface area contributed by atoms with Gasteiger partial charge in [0.15, 0.2) is 5.96 Å². The maximum atomic E-state index is 13.6. The summed E-state index contributed by atoms with van der Waals surface area (Å²) in [6, 6.07) is -9.43. The average molecular weight is 944 g/mol. The number of aliphatic carboxylic acids is 3. The minimum Gasteiger partial charge on any atom is -0.508 e. The van der Waals surface area contributed by atoms with Gasteiger partial charge in [-0.1, -0.05) is 12.1 Å². The highest BCUT2D eigenvalue weighted by molar-refractivity contribution is 5.99. The zero-order valence-corrected chi connectivity index (χ0v) is 35.6. The minimum atomic E-state index is -2.11. The lowest BCUT2D eigenvalue weighted by Gasteiger charge is -2.28. The standard InChI is InChI=1S/C37H57N11O18/c1-15(51)27(34(63)44-21(11-25(54)55)31(60)46-24(14-50)36(65)66)48-35(64)28(16(2)52)47-32(61)22(12-26(56)57)43-33(62)23(13-49)45-30(59)20(10-17-5-7-18(53)8-6-17)42-29(58)19(38)4-3-9-41-37(39)40/h5-8,15-16,19-24,27-28,49-53H,3-4,9-14,38H2,1-2H3,(H,42,58)(H,43,62)(H,44,63)(H,45,59)(H,46,60)(H,47,61)(H,48,64)(H,54,55)(H,56,57)(H,65,66)(H4,39,40,41)/t15-,16-,19+,20+,21+,22+,23+,24+,27+,28+/m1/s1. The maximum absolute atomic E-state index is 13.6. The van der Waals surface area contributed by atoms with E-state index in [1.165, 1.54) is 24.3 Å². The number of phenolic OH excluding ortho intramolecular Hbond substituents is 1. The molecule has 10 atom stereocenters. The van der Waals surface area contributed by atoms with Crippen LogP contribution >= 0.6 is 0 Å². The number of nitrogens with zero attached hydrogens (tertiary/aromatic N) is 1. The van der Waals surface area contributed by atoms with E-state index in [4.69, 9.17) is 22.3 Å². The van der Waals surface area contributed by atoms with Crippen LogP contribution in [0.5, 0.6) is 5.75 Å². The third-order valence-corrected chi connectivity index (χ3v) is 9.07. The van der Waals surface area contributed by atoms with Crippen molar-refractivity contribution in [1.82, 2.24) is 37.2 Å². The van der Waals surface area contributed by atoms with Crippen LogP contribution in [0.3, 0.4) is 0 Å². The number of carbonyl (C=O) groups excluding carboxylic acids is 7. The zero-order chi connectivity index (χ0) is 50.4. The van der Waals surface area contributed by atoms with Gasteiger partial charge in [0.2, 0.25) is 41.4 Å². The molecule has 0 bridgehead atoms. The van der Waals surface area contributed by atoms with E-state index >= 15 is 0 Å². The Morgan fingerprint density at radius 1 is 0.576 bits per heavy atom. The number of nitrogens with two attached hydrogens (primary N) is 3. The van der Waals surface area contributed by atoms with Crippen LogP contribution < -0.4 is 54.4 Å². The first-order valence-corrected chi connectivity index (χ1v) is 19.8. The zero-order valence-electron chi connectivity index (χ0n) is 35.6. The summed E-state index contributed by atoms with van der Waals surface area (Å²) in [6.07, 6.45) is -6.00. The summed E-state index contributed by atoms with van der Waals surface area (Å²) in [5, 5.41) is 91.9. The van der Waals surface area contributed by atoms with E-state index in [1.54, 1.807) is 5.32 Å². The number of hydrogen-bond donors (Lipinski definition) is 18. The fourth-order valence-electron chi connectivity index (χ4n) is 5.54. The molecule has 0 saturated carbocycles. The average Bonchev–Trinajstić information content (AvgIpc) is 3.22. The molecule has 7 amide bonds. The van der Waals surface area contributed by atoms with Crippen molar-refractivity contribution in [3.63, 3.8) is 0 Å². The number of carboxylic acid groups (broad SMARTS) is 3. The molecule has 0 aliphatic rings. The number of aliphatic hydroxyl groups excluding tert-OH is 4. The summed E-state index contributed by atoms with van der Waals surface area (Å²) in [6.45, 7) is -0.260. The molecule has 0 aromatic heterocycles. The second-order valence-electron chi connectivity index (χ2n) is 14.6. The highest BCUT2D eigenvalue weighted by atomic mass is 16.4. The second-order valence-corrected chi connectivity index (χ2v) is 14.6. The molecule has 29 heteroatoms. The number of rotatable bonds is 29. The van der Waals surface area contributed by atoms with Crippen LogP contribution in [0.25, 0.3) is 0 Å². The smallest absolute Gasteiger partial charge is 0.328 e. The van der Waals surface area contributed by atoms with Crippen molar-refractivity contribution in [3.8, 4) is 5.75 Å². The highest BCUT2D eigenvalue weighted by Gasteiger charge is 2.37. The number of aliphatic imine (C=N–C) groups is 1. The number of carboxylic acids is 3. The molecule has 1 aromatic rings. The van der Waals surface area contributed by atoms with Crippen molar-refractivity contribution < 1.29 is 88.8 Å². The van der Waals surface area contributed by atoms with Crippen molar-refractivity contribution in [2.45, 2.75) is 106 Å². The lowest BCUT2D eigenvalue weighted by atomic mass is 10.0. The summed E-state index contributed by atoms with van der Waals surface area (Å²) < 4.78 is 0. The van der Waals surface area contributed by atoms with Crippen LogP contribution in [0, 0.1) is 0 Å². The Kier molecular flexibility index (Phi) is 24.0. The van der Waals surface area contributed by atoms with E-state index in [9.17, 15) is 83.7 Å². The third-order valence-electron chi connectivity index (χ3n) is 9.07. The quantitative estimate of drug-likeness (QED) is 0.0201. The molecule has 1 aromatic carbocycles. The maximum Gasteiger partial charge on any atom is 0.328 e. The van der Waals surface area contributed by atoms with Gasteiger partial charge in [0.05, 0.1) is 44.3 Å². The number of carbonyl (C=O) groups is 10. The Labute approximate surface area is 374 Å². The number of benzene rings is 1. The van der Waals surface area contributed by atoms with E-state index in [1.807, 2.05) is 21.3 Å². The lowest BCUT2D eigenvalue weighted by molar-refractivity contribution is -0.145. The molecular weight excluding hydrogens is 886 g/mol. The number of hydrogen-bond acceptors (Lipinski definition) is 17. The molecule has 0 spiro atoms. The van der Waals surface area contributed by atoms with Gasteiger partial charge >= 0.3 is 17.9 Å². The Balaban J connectivity index is 3.28. The van der Waals surface area contributed by atoms with Gasteiger partial charge in [-0.25, -0.2) is 4.79 Å². The van der Waals surface area contributed by atoms with Gasteiger partial charge in [0.25, 0.3) is 0 Å². The van der Waals surface area contributed by atoms with E-state index in [0.29, 0.717) is 5.56 Å². The Hall–Kier alpha value is -7.21. The molecule has 0 heterocycles. The van der Waals surface area contributed by atoms with Gasteiger partial charge in [-0.3, -0.25) is 48.1 Å². The number of aliphatic hydroxyl groups is 4. The summed E-state index contributed by atoms with van der Waals surface area (Å²) in [4.78, 5) is 131. The predicted octanol–water partition coefficient (Wildman–Crippen LogP) is -8.51. The molecule has 0 saturated heterocycles. The molecule has 368 valence electrons. The second kappa shape index (κ2) is 27.9. The number of phenols is 1. The summed E-state index contributed by atoms with van der Waals surface area (Å²) in [5.74, 6) is -14.4. The number of guanidine groups is 1.